The summed E-state index contributed by atoms with van der Waals surface area (Å²) in [5.74, 6) is -1.11. The summed E-state index contributed by atoms with van der Waals surface area (Å²) in [6.45, 7) is 6.68. The molecule has 0 radical (unpaired) electrons. The number of amides is 2. The lowest BCUT2D eigenvalue weighted by Gasteiger charge is -2.33. The summed E-state index contributed by atoms with van der Waals surface area (Å²) in [7, 11) is 2.02. The van der Waals surface area contributed by atoms with Gasteiger partial charge in [-0.3, -0.25) is 19.7 Å². The minimum atomic E-state index is -0.829. The van der Waals surface area contributed by atoms with Crippen LogP contribution in [0, 0.1) is 16.0 Å². The molecule has 1 unspecified atom stereocenters. The number of nitrogens with zero attached hydrogens (tertiary/aromatic N) is 4. The molecule has 2 amide bonds. The van der Waals surface area contributed by atoms with Crippen LogP contribution in [0.2, 0.25) is 5.02 Å². The summed E-state index contributed by atoms with van der Waals surface area (Å²) in [5.41, 5.74) is 3.82. The monoisotopic (exact) mass is 500 g/mol. The summed E-state index contributed by atoms with van der Waals surface area (Å²) in [6, 6.07) is 10.4. The molecule has 186 valence electrons. The van der Waals surface area contributed by atoms with Crippen molar-refractivity contribution < 1.29 is 14.5 Å². The van der Waals surface area contributed by atoms with Crippen LogP contribution in [0.1, 0.15) is 29.8 Å². The molecular formula is C24H29ClN6O4. The standard InChI is InChI=1S/C24H29ClN6O4/c1-16(2)22(27-23(32)18-5-7-19(25)8-6-18)24(33)28-26-15-17-4-9-20(21(14-17)31(34)35)30-12-10-29(3)11-13-30/h4-9,14-16,22H,10-13H2,1-3H3,(H,27,32)(H,28,33). The van der Waals surface area contributed by atoms with Gasteiger partial charge in [-0.05, 0) is 43.3 Å². The molecule has 1 atom stereocenters. The van der Waals surface area contributed by atoms with E-state index in [1.165, 1.54) is 12.3 Å². The maximum Gasteiger partial charge on any atom is 0.293 e. The van der Waals surface area contributed by atoms with Gasteiger partial charge in [-0.1, -0.05) is 31.5 Å². The van der Waals surface area contributed by atoms with Crippen LogP contribution in [-0.4, -0.2) is 67.1 Å². The van der Waals surface area contributed by atoms with Gasteiger partial charge in [-0.15, -0.1) is 0 Å². The number of hydrazone groups is 1. The number of anilines is 1. The Morgan fingerprint density at radius 2 is 1.77 bits per heavy atom. The van der Waals surface area contributed by atoms with Gasteiger partial charge in [0.15, 0.2) is 0 Å². The van der Waals surface area contributed by atoms with E-state index in [0.29, 0.717) is 34.9 Å². The molecular weight excluding hydrogens is 472 g/mol. The predicted octanol–water partition coefficient (Wildman–Crippen LogP) is 2.90. The number of hydrogen-bond donors (Lipinski definition) is 2. The first-order valence-electron chi connectivity index (χ1n) is 11.3. The van der Waals surface area contributed by atoms with Crippen molar-refractivity contribution in [2.75, 3.05) is 38.1 Å². The lowest BCUT2D eigenvalue weighted by molar-refractivity contribution is -0.384. The maximum absolute atomic E-state index is 12.7. The van der Waals surface area contributed by atoms with E-state index >= 15 is 0 Å². The van der Waals surface area contributed by atoms with Gasteiger partial charge in [0.05, 0.1) is 11.1 Å². The topological polar surface area (TPSA) is 120 Å². The molecule has 3 rings (SSSR count). The van der Waals surface area contributed by atoms with Gasteiger partial charge in [-0.25, -0.2) is 5.43 Å². The van der Waals surface area contributed by atoms with Gasteiger partial charge in [0, 0.05) is 48.4 Å². The van der Waals surface area contributed by atoms with Crippen molar-refractivity contribution in [1.29, 1.82) is 0 Å². The lowest BCUT2D eigenvalue weighted by atomic mass is 10.0. The predicted molar refractivity (Wildman–Crippen MR) is 136 cm³/mol. The highest BCUT2D eigenvalue weighted by atomic mass is 35.5. The number of halogens is 1. The van der Waals surface area contributed by atoms with Crippen molar-refractivity contribution in [2.45, 2.75) is 19.9 Å². The zero-order valence-electron chi connectivity index (χ0n) is 19.9. The first-order chi connectivity index (χ1) is 16.7. The van der Waals surface area contributed by atoms with Gasteiger partial charge in [0.1, 0.15) is 11.7 Å². The third-order valence-corrected chi connectivity index (χ3v) is 6.02. The van der Waals surface area contributed by atoms with E-state index in [1.807, 2.05) is 11.9 Å². The molecule has 0 aliphatic carbocycles. The summed E-state index contributed by atoms with van der Waals surface area (Å²) in [4.78, 5) is 40.6. The second-order valence-electron chi connectivity index (χ2n) is 8.73. The first-order valence-corrected chi connectivity index (χ1v) is 11.6. The van der Waals surface area contributed by atoms with Gasteiger partial charge in [-0.2, -0.15) is 5.10 Å². The van der Waals surface area contributed by atoms with E-state index in [2.05, 4.69) is 20.7 Å². The Kier molecular flexibility index (Phi) is 8.78. The second-order valence-corrected chi connectivity index (χ2v) is 9.17. The number of nitro benzene ring substituents is 1. The number of likely N-dealkylation sites (N-methyl/N-ethyl adjacent to an activating group) is 1. The third kappa shape index (κ3) is 7.00. The zero-order chi connectivity index (χ0) is 25.5. The Balaban J connectivity index is 1.66. The second kappa shape index (κ2) is 11.8. The van der Waals surface area contributed by atoms with Crippen molar-refractivity contribution in [3.8, 4) is 0 Å². The molecule has 1 saturated heterocycles. The Bertz CT molecular complexity index is 1100. The summed E-state index contributed by atoms with van der Waals surface area (Å²) in [5, 5.41) is 18.8. The molecule has 1 fully saturated rings. The molecule has 1 aliphatic heterocycles. The lowest BCUT2D eigenvalue weighted by Crippen LogP contribution is -2.48. The van der Waals surface area contributed by atoms with Gasteiger partial charge < -0.3 is 15.1 Å². The molecule has 2 N–H and O–H groups in total. The number of carbonyl (C=O) groups is 2. The minimum Gasteiger partial charge on any atom is -0.363 e. The van der Waals surface area contributed by atoms with Crippen LogP contribution >= 0.6 is 11.6 Å². The van der Waals surface area contributed by atoms with Gasteiger partial charge in [0.2, 0.25) is 0 Å². The fraction of sp³-hybridized carbons (Fsp3) is 0.375. The van der Waals surface area contributed by atoms with Crippen LogP contribution in [0.5, 0.6) is 0 Å². The fourth-order valence-electron chi connectivity index (χ4n) is 3.68. The molecule has 0 spiro atoms. The van der Waals surface area contributed by atoms with Crippen LogP contribution in [-0.2, 0) is 4.79 Å². The van der Waals surface area contributed by atoms with Crippen molar-refractivity contribution >= 4 is 41.0 Å². The largest absolute Gasteiger partial charge is 0.363 e. The minimum absolute atomic E-state index is 0.0138. The van der Waals surface area contributed by atoms with Crippen LogP contribution in [0.3, 0.4) is 0 Å². The molecule has 0 bridgehead atoms. The highest BCUT2D eigenvalue weighted by Crippen LogP contribution is 2.29. The quantitative estimate of drug-likeness (QED) is 0.326. The molecule has 1 aliphatic rings. The molecule has 0 saturated carbocycles. The van der Waals surface area contributed by atoms with E-state index in [-0.39, 0.29) is 11.6 Å². The Labute approximate surface area is 209 Å². The van der Waals surface area contributed by atoms with E-state index in [9.17, 15) is 19.7 Å². The fourth-order valence-corrected chi connectivity index (χ4v) is 3.81. The van der Waals surface area contributed by atoms with Gasteiger partial charge >= 0.3 is 0 Å². The summed E-state index contributed by atoms with van der Waals surface area (Å²) < 4.78 is 0. The third-order valence-electron chi connectivity index (χ3n) is 5.77. The average Bonchev–Trinajstić information content (AvgIpc) is 2.83. The molecule has 10 nitrogen and oxygen atoms in total. The Hall–Kier alpha value is -3.50. The number of benzene rings is 2. The number of nitro groups is 1. The van der Waals surface area contributed by atoms with Crippen molar-refractivity contribution in [3.63, 3.8) is 0 Å². The van der Waals surface area contributed by atoms with Crippen LogP contribution in [0.15, 0.2) is 47.6 Å². The Morgan fingerprint density at radius 1 is 1.11 bits per heavy atom. The molecule has 2 aromatic carbocycles. The number of nitrogens with one attached hydrogen (secondary N) is 2. The van der Waals surface area contributed by atoms with Crippen LogP contribution in [0.25, 0.3) is 0 Å². The number of rotatable bonds is 8. The van der Waals surface area contributed by atoms with E-state index in [4.69, 9.17) is 11.6 Å². The zero-order valence-corrected chi connectivity index (χ0v) is 20.7. The van der Waals surface area contributed by atoms with E-state index in [0.717, 1.165) is 13.1 Å². The Morgan fingerprint density at radius 3 is 2.37 bits per heavy atom. The highest BCUT2D eigenvalue weighted by Gasteiger charge is 2.25. The van der Waals surface area contributed by atoms with Crippen molar-refractivity contribution in [2.24, 2.45) is 11.0 Å². The first kappa shape index (κ1) is 26.1. The van der Waals surface area contributed by atoms with Crippen LogP contribution < -0.4 is 15.6 Å². The number of piperazine rings is 1. The summed E-state index contributed by atoms with van der Waals surface area (Å²) in [6.07, 6.45) is 1.34. The van der Waals surface area contributed by atoms with E-state index < -0.39 is 22.8 Å². The van der Waals surface area contributed by atoms with Gasteiger partial charge in [0.25, 0.3) is 17.5 Å². The van der Waals surface area contributed by atoms with E-state index in [1.54, 1.807) is 50.2 Å². The molecule has 1 heterocycles. The SMILES string of the molecule is CC(C)C(NC(=O)c1ccc(Cl)cc1)C(=O)NN=Cc1ccc(N2CCN(C)CC2)c([N+](=O)[O-])c1. The molecule has 11 heteroatoms. The highest BCUT2D eigenvalue weighted by molar-refractivity contribution is 6.30. The maximum atomic E-state index is 12.7. The number of hydrogen-bond acceptors (Lipinski definition) is 7. The number of carbonyl (C=O) groups excluding carboxylic acids is 2. The molecule has 35 heavy (non-hydrogen) atoms. The smallest absolute Gasteiger partial charge is 0.293 e. The van der Waals surface area contributed by atoms with Crippen LogP contribution in [0.4, 0.5) is 11.4 Å². The molecule has 2 aromatic rings. The summed E-state index contributed by atoms with van der Waals surface area (Å²) >= 11 is 5.86. The van der Waals surface area contributed by atoms with Crippen molar-refractivity contribution in [3.05, 3.63) is 68.7 Å². The normalized spacial score (nSPS) is 15.3. The molecule has 0 aromatic heterocycles. The average molecular weight is 501 g/mol. The van der Waals surface area contributed by atoms with Crippen molar-refractivity contribution in [1.82, 2.24) is 15.6 Å².